The Morgan fingerprint density at radius 2 is 1.77 bits per heavy atom. The van der Waals surface area contributed by atoms with Gasteiger partial charge in [0.15, 0.2) is 9.84 Å². The van der Waals surface area contributed by atoms with Crippen molar-refractivity contribution in [2.75, 3.05) is 18.1 Å². The van der Waals surface area contributed by atoms with Gasteiger partial charge in [-0.05, 0) is 38.7 Å². The van der Waals surface area contributed by atoms with Gasteiger partial charge in [-0.15, -0.1) is 0 Å². The summed E-state index contributed by atoms with van der Waals surface area (Å²) in [5.41, 5.74) is 0.454. The highest BCUT2D eigenvalue weighted by Crippen LogP contribution is 2.32. The van der Waals surface area contributed by atoms with Gasteiger partial charge in [0.05, 0.1) is 11.5 Å². The van der Waals surface area contributed by atoms with Gasteiger partial charge in [-0.2, -0.15) is 0 Å². The largest absolute Gasteiger partial charge is 0.334 e. The Hall–Kier alpha value is -2.42. The van der Waals surface area contributed by atoms with Crippen molar-refractivity contribution in [2.45, 2.75) is 63.6 Å². The minimum absolute atomic E-state index is 0.0324. The first kappa shape index (κ1) is 21.8. The van der Waals surface area contributed by atoms with E-state index in [4.69, 9.17) is 0 Å². The molecule has 31 heavy (non-hydrogen) atoms. The number of urea groups is 1. The van der Waals surface area contributed by atoms with E-state index in [1.807, 2.05) is 19.1 Å². The first-order valence-electron chi connectivity index (χ1n) is 10.8. The molecule has 9 heteroatoms. The molecule has 1 aliphatic carbocycles. The van der Waals surface area contributed by atoms with Crippen molar-refractivity contribution < 1.29 is 22.8 Å². The van der Waals surface area contributed by atoms with E-state index in [1.165, 1.54) is 0 Å². The molecule has 2 heterocycles. The highest BCUT2D eigenvalue weighted by atomic mass is 32.2. The van der Waals surface area contributed by atoms with Crippen LogP contribution in [0.25, 0.3) is 0 Å². The van der Waals surface area contributed by atoms with Crippen molar-refractivity contribution in [3.63, 3.8) is 0 Å². The second kappa shape index (κ2) is 7.93. The Kier molecular flexibility index (Phi) is 5.57. The van der Waals surface area contributed by atoms with Gasteiger partial charge in [0.1, 0.15) is 12.1 Å². The second-order valence-electron chi connectivity index (χ2n) is 9.11. The fraction of sp³-hybridized carbons (Fsp3) is 0.591. The lowest BCUT2D eigenvalue weighted by Gasteiger charge is -2.35. The molecule has 2 saturated heterocycles. The summed E-state index contributed by atoms with van der Waals surface area (Å²) in [6.07, 6.45) is 4.03. The maximum Gasteiger partial charge on any atom is 0.325 e. The molecule has 0 spiro atoms. The Bertz CT molecular complexity index is 1000. The summed E-state index contributed by atoms with van der Waals surface area (Å²) in [6.45, 7) is 3.20. The van der Waals surface area contributed by atoms with E-state index in [1.54, 1.807) is 24.0 Å². The van der Waals surface area contributed by atoms with Gasteiger partial charge in [0.25, 0.3) is 5.91 Å². The number of carbonyl (C=O) groups excluding carboxylic acids is 3. The lowest BCUT2D eigenvalue weighted by atomic mass is 9.91. The number of imide groups is 1. The number of sulfone groups is 1. The molecule has 1 saturated carbocycles. The third-order valence-corrected chi connectivity index (χ3v) is 8.56. The quantitative estimate of drug-likeness (QED) is 0.692. The predicted molar refractivity (Wildman–Crippen MR) is 115 cm³/mol. The second-order valence-corrected chi connectivity index (χ2v) is 11.3. The monoisotopic (exact) mass is 447 g/mol. The van der Waals surface area contributed by atoms with Gasteiger partial charge in [-0.3, -0.25) is 14.5 Å². The molecule has 1 N–H and O–H groups in total. The number of nitrogens with zero attached hydrogens (tertiary/aromatic N) is 2. The van der Waals surface area contributed by atoms with Gasteiger partial charge < -0.3 is 10.2 Å². The molecule has 3 fully saturated rings. The molecule has 1 aromatic rings. The standard InChI is InChI=1S/C22H29N3O5S/c1-15-7-9-16(10-8-15)22(2)20(27)24(21(28)23-22)13-19(26)25(17-5-3-4-6-17)18-11-12-31(29,30)14-18/h7-10,17-18H,3-6,11-14H2,1-2H3,(H,23,28)/t18-,22-/m1/s1. The zero-order valence-corrected chi connectivity index (χ0v) is 18.8. The summed E-state index contributed by atoms with van der Waals surface area (Å²) in [5, 5.41) is 2.73. The minimum Gasteiger partial charge on any atom is -0.334 e. The topological polar surface area (TPSA) is 104 Å². The molecular weight excluding hydrogens is 418 g/mol. The lowest BCUT2D eigenvalue weighted by molar-refractivity contribution is -0.141. The predicted octanol–water partition coefficient (Wildman–Crippen LogP) is 1.72. The van der Waals surface area contributed by atoms with Crippen molar-refractivity contribution in [2.24, 2.45) is 0 Å². The molecule has 3 aliphatic rings. The third-order valence-electron chi connectivity index (χ3n) is 6.81. The average molecular weight is 448 g/mol. The molecule has 2 atom stereocenters. The van der Waals surface area contributed by atoms with Crippen LogP contribution in [0, 0.1) is 6.92 Å². The highest BCUT2D eigenvalue weighted by Gasteiger charge is 2.50. The third kappa shape index (κ3) is 4.07. The maximum atomic E-state index is 13.3. The summed E-state index contributed by atoms with van der Waals surface area (Å²) >= 11 is 0. The summed E-state index contributed by atoms with van der Waals surface area (Å²) in [7, 11) is -3.16. The summed E-state index contributed by atoms with van der Waals surface area (Å²) in [6, 6.07) is 6.32. The van der Waals surface area contributed by atoms with Gasteiger partial charge in [0.2, 0.25) is 5.91 Å². The number of rotatable bonds is 5. The molecule has 168 valence electrons. The smallest absolute Gasteiger partial charge is 0.325 e. The number of amides is 4. The highest BCUT2D eigenvalue weighted by molar-refractivity contribution is 7.91. The average Bonchev–Trinajstić information content (AvgIpc) is 3.40. The van der Waals surface area contributed by atoms with E-state index in [-0.39, 0.29) is 36.0 Å². The van der Waals surface area contributed by atoms with Crippen LogP contribution >= 0.6 is 0 Å². The van der Waals surface area contributed by atoms with E-state index in [9.17, 15) is 22.8 Å². The maximum absolute atomic E-state index is 13.3. The Labute approximate surface area is 182 Å². The van der Waals surface area contributed by atoms with Gasteiger partial charge >= 0.3 is 6.03 Å². The molecule has 0 aromatic heterocycles. The molecule has 0 radical (unpaired) electrons. The van der Waals surface area contributed by atoms with Gasteiger partial charge in [-0.25, -0.2) is 13.2 Å². The Balaban J connectivity index is 1.55. The van der Waals surface area contributed by atoms with E-state index < -0.39 is 27.3 Å². The normalized spacial score (nSPS) is 28.2. The van der Waals surface area contributed by atoms with Crippen molar-refractivity contribution >= 4 is 27.7 Å². The number of carbonyl (C=O) groups is 3. The summed E-state index contributed by atoms with van der Waals surface area (Å²) < 4.78 is 24.1. The van der Waals surface area contributed by atoms with Crippen molar-refractivity contribution in [1.29, 1.82) is 0 Å². The van der Waals surface area contributed by atoms with Crippen molar-refractivity contribution in [3.8, 4) is 0 Å². The first-order valence-corrected chi connectivity index (χ1v) is 12.7. The fourth-order valence-corrected chi connectivity index (χ4v) is 6.73. The van der Waals surface area contributed by atoms with Crippen LogP contribution in [0.5, 0.6) is 0 Å². The van der Waals surface area contributed by atoms with Crippen molar-refractivity contribution in [1.82, 2.24) is 15.1 Å². The lowest BCUT2D eigenvalue weighted by Crippen LogP contribution is -2.51. The van der Waals surface area contributed by atoms with E-state index >= 15 is 0 Å². The van der Waals surface area contributed by atoms with E-state index in [0.717, 1.165) is 36.1 Å². The zero-order valence-electron chi connectivity index (χ0n) is 18.0. The van der Waals surface area contributed by atoms with Crippen molar-refractivity contribution in [3.05, 3.63) is 35.4 Å². The summed E-state index contributed by atoms with van der Waals surface area (Å²) in [5.74, 6) is -0.801. The SMILES string of the molecule is Cc1ccc([C@@]2(C)NC(=O)N(CC(=O)N(C3CCCC3)[C@@H]3CCS(=O)(=O)C3)C2=O)cc1. The molecule has 1 aromatic carbocycles. The number of nitrogens with one attached hydrogen (secondary N) is 1. The molecule has 2 aliphatic heterocycles. The minimum atomic E-state index is -3.16. The molecule has 0 unspecified atom stereocenters. The van der Waals surface area contributed by atoms with E-state index in [0.29, 0.717) is 12.0 Å². The molecule has 8 nitrogen and oxygen atoms in total. The first-order chi connectivity index (χ1) is 14.6. The van der Waals surface area contributed by atoms with Crippen LogP contribution in [0.1, 0.15) is 50.2 Å². The van der Waals surface area contributed by atoms with Crippen LogP contribution in [0.15, 0.2) is 24.3 Å². The summed E-state index contributed by atoms with van der Waals surface area (Å²) in [4.78, 5) is 41.8. The van der Waals surface area contributed by atoms with Crippen LogP contribution in [0.4, 0.5) is 4.79 Å². The number of benzene rings is 1. The van der Waals surface area contributed by atoms with Crippen LogP contribution in [0.3, 0.4) is 0 Å². The van der Waals surface area contributed by atoms with E-state index in [2.05, 4.69) is 5.32 Å². The van der Waals surface area contributed by atoms with Crippen LogP contribution in [-0.2, 0) is 25.0 Å². The van der Waals surface area contributed by atoms with Gasteiger partial charge in [0, 0.05) is 12.1 Å². The van der Waals surface area contributed by atoms with Gasteiger partial charge in [-0.1, -0.05) is 42.7 Å². The molecule has 0 bridgehead atoms. The molecule has 4 amide bonds. The molecule has 4 rings (SSSR count). The Morgan fingerprint density at radius 3 is 2.35 bits per heavy atom. The number of hydrogen-bond donors (Lipinski definition) is 1. The number of aryl methyl sites for hydroxylation is 1. The van der Waals surface area contributed by atoms with Crippen LogP contribution in [0.2, 0.25) is 0 Å². The zero-order chi connectivity index (χ0) is 22.4. The Morgan fingerprint density at radius 1 is 1.13 bits per heavy atom. The van der Waals surface area contributed by atoms with Crippen LogP contribution < -0.4 is 5.32 Å². The number of hydrogen-bond acceptors (Lipinski definition) is 5. The fourth-order valence-electron chi connectivity index (χ4n) is 5.02. The molecular formula is C22H29N3O5S. The van der Waals surface area contributed by atoms with Crippen LogP contribution in [-0.4, -0.2) is 66.2 Å².